The predicted octanol–water partition coefficient (Wildman–Crippen LogP) is 5.46. The summed E-state index contributed by atoms with van der Waals surface area (Å²) in [6.07, 6.45) is 0. The van der Waals surface area contributed by atoms with Crippen LogP contribution in [0.2, 0.25) is 0 Å². The van der Waals surface area contributed by atoms with E-state index in [-0.39, 0.29) is 11.6 Å². The fourth-order valence-corrected chi connectivity index (χ4v) is 3.01. The molecule has 0 saturated carbocycles. The Labute approximate surface area is 151 Å². The second kappa shape index (κ2) is 7.09. The minimum absolute atomic E-state index is 0.0911. The summed E-state index contributed by atoms with van der Waals surface area (Å²) in [6.45, 7) is 0. The molecule has 0 amide bonds. The molecule has 0 aliphatic carbocycles. The highest BCUT2D eigenvalue weighted by atomic mass is 127. The van der Waals surface area contributed by atoms with Crippen molar-refractivity contribution in [3.63, 3.8) is 0 Å². The molecule has 120 valence electrons. The highest BCUT2D eigenvalue weighted by Gasteiger charge is 2.15. The van der Waals surface area contributed by atoms with Crippen LogP contribution in [0.15, 0.2) is 66.7 Å². The minimum Gasteiger partial charge on any atom is -0.422 e. The molecule has 2 nitrogen and oxygen atoms in total. The van der Waals surface area contributed by atoms with Gasteiger partial charge >= 0.3 is 5.97 Å². The summed E-state index contributed by atoms with van der Waals surface area (Å²) in [5, 5.41) is 0. The van der Waals surface area contributed by atoms with E-state index in [9.17, 15) is 13.6 Å². The number of carbonyl (C=O) groups excluding carboxylic acids is 1. The Morgan fingerprint density at radius 2 is 1.46 bits per heavy atom. The maximum atomic E-state index is 13.6. The first-order valence-electron chi connectivity index (χ1n) is 7.07. The summed E-state index contributed by atoms with van der Waals surface area (Å²) in [5.74, 6) is -1.38. The number of hydrogen-bond acceptors (Lipinski definition) is 2. The fraction of sp³-hybridized carbons (Fsp3) is 0. The SMILES string of the molecule is O=C(Oc1cc(F)ccc1-c1ccc(F)cc1I)c1ccccc1. The van der Waals surface area contributed by atoms with Crippen molar-refractivity contribution < 1.29 is 18.3 Å². The zero-order valence-electron chi connectivity index (χ0n) is 12.3. The summed E-state index contributed by atoms with van der Waals surface area (Å²) in [4.78, 5) is 12.2. The van der Waals surface area contributed by atoms with Crippen LogP contribution in [0, 0.1) is 15.2 Å². The number of benzene rings is 3. The molecule has 5 heteroatoms. The quantitative estimate of drug-likeness (QED) is 0.310. The Balaban J connectivity index is 2.01. The Kier molecular flexibility index (Phi) is 4.89. The molecule has 3 aromatic carbocycles. The second-order valence-electron chi connectivity index (χ2n) is 5.02. The smallest absolute Gasteiger partial charge is 0.343 e. The van der Waals surface area contributed by atoms with Gasteiger partial charge in [-0.2, -0.15) is 0 Å². The average molecular weight is 436 g/mol. The van der Waals surface area contributed by atoms with Crippen LogP contribution in [0.5, 0.6) is 5.75 Å². The molecule has 0 saturated heterocycles. The van der Waals surface area contributed by atoms with E-state index in [2.05, 4.69) is 0 Å². The molecule has 0 N–H and O–H groups in total. The molecule has 3 aromatic rings. The largest absolute Gasteiger partial charge is 0.422 e. The van der Waals surface area contributed by atoms with Gasteiger partial charge in [-0.15, -0.1) is 0 Å². The molecule has 0 heterocycles. The van der Waals surface area contributed by atoms with Gasteiger partial charge in [-0.1, -0.05) is 24.3 Å². The molecule has 24 heavy (non-hydrogen) atoms. The molecule has 0 aliphatic rings. The third-order valence-electron chi connectivity index (χ3n) is 3.38. The molecular formula is C19H11F2IO2. The number of rotatable bonds is 3. The maximum absolute atomic E-state index is 13.6. The Bertz CT molecular complexity index is 895. The number of hydrogen-bond donors (Lipinski definition) is 0. The first-order chi connectivity index (χ1) is 11.5. The number of esters is 1. The van der Waals surface area contributed by atoms with Gasteiger partial charge in [0.2, 0.25) is 0 Å². The molecule has 0 aliphatic heterocycles. The van der Waals surface area contributed by atoms with Crippen LogP contribution in [-0.4, -0.2) is 5.97 Å². The van der Waals surface area contributed by atoms with E-state index >= 15 is 0 Å². The zero-order chi connectivity index (χ0) is 17.1. The van der Waals surface area contributed by atoms with Gasteiger partial charge in [-0.25, -0.2) is 13.6 Å². The van der Waals surface area contributed by atoms with Crippen LogP contribution in [0.4, 0.5) is 8.78 Å². The van der Waals surface area contributed by atoms with Crippen LogP contribution < -0.4 is 4.74 Å². The molecule has 0 atom stereocenters. The lowest BCUT2D eigenvalue weighted by Crippen LogP contribution is -2.09. The van der Waals surface area contributed by atoms with E-state index in [1.807, 2.05) is 22.6 Å². The van der Waals surface area contributed by atoms with E-state index in [0.29, 0.717) is 20.3 Å². The van der Waals surface area contributed by atoms with Gasteiger partial charge in [0.1, 0.15) is 17.4 Å². The van der Waals surface area contributed by atoms with Gasteiger partial charge in [0, 0.05) is 15.2 Å². The maximum Gasteiger partial charge on any atom is 0.343 e. The van der Waals surface area contributed by atoms with Crippen molar-refractivity contribution in [3.05, 3.63) is 87.5 Å². The lowest BCUT2D eigenvalue weighted by Gasteiger charge is -2.12. The van der Waals surface area contributed by atoms with Gasteiger partial charge in [-0.3, -0.25) is 0 Å². The molecule has 3 rings (SSSR count). The highest BCUT2D eigenvalue weighted by Crippen LogP contribution is 2.34. The monoisotopic (exact) mass is 436 g/mol. The summed E-state index contributed by atoms with van der Waals surface area (Å²) >= 11 is 1.99. The van der Waals surface area contributed by atoms with E-state index in [1.54, 1.807) is 36.4 Å². The lowest BCUT2D eigenvalue weighted by molar-refractivity contribution is 0.0735. The van der Waals surface area contributed by atoms with Gasteiger partial charge < -0.3 is 4.74 Å². The number of ether oxygens (including phenoxy) is 1. The first kappa shape index (κ1) is 16.6. The van der Waals surface area contributed by atoms with Crippen LogP contribution >= 0.6 is 22.6 Å². The lowest BCUT2D eigenvalue weighted by atomic mass is 10.0. The van der Waals surface area contributed by atoms with Crippen LogP contribution in [0.1, 0.15) is 10.4 Å². The zero-order valence-corrected chi connectivity index (χ0v) is 14.5. The standard InChI is InChI=1S/C19H11F2IO2/c20-13-6-8-15(17(22)10-13)16-9-7-14(21)11-18(16)24-19(23)12-4-2-1-3-5-12/h1-11H. The predicted molar refractivity (Wildman–Crippen MR) is 95.9 cm³/mol. The molecule has 0 radical (unpaired) electrons. The van der Waals surface area contributed by atoms with Crippen LogP contribution in [0.3, 0.4) is 0 Å². The van der Waals surface area contributed by atoms with E-state index in [0.717, 1.165) is 6.07 Å². The second-order valence-corrected chi connectivity index (χ2v) is 6.18. The van der Waals surface area contributed by atoms with Crippen molar-refractivity contribution >= 4 is 28.6 Å². The Morgan fingerprint density at radius 1 is 0.833 bits per heavy atom. The highest BCUT2D eigenvalue weighted by molar-refractivity contribution is 14.1. The van der Waals surface area contributed by atoms with Crippen molar-refractivity contribution in [2.75, 3.05) is 0 Å². The van der Waals surface area contributed by atoms with Gasteiger partial charge in [-0.05, 0) is 64.6 Å². The topological polar surface area (TPSA) is 26.3 Å². The Hall–Kier alpha value is -2.28. The third kappa shape index (κ3) is 3.62. The van der Waals surface area contributed by atoms with Crippen molar-refractivity contribution in [3.8, 4) is 16.9 Å². The van der Waals surface area contributed by atoms with Crippen molar-refractivity contribution in [2.45, 2.75) is 0 Å². The van der Waals surface area contributed by atoms with Gasteiger partial charge in [0.05, 0.1) is 5.56 Å². The molecule has 0 fully saturated rings. The van der Waals surface area contributed by atoms with Crippen LogP contribution in [-0.2, 0) is 0 Å². The molecular weight excluding hydrogens is 425 g/mol. The summed E-state index contributed by atoms with van der Waals surface area (Å²) in [7, 11) is 0. The number of carbonyl (C=O) groups is 1. The average Bonchev–Trinajstić information content (AvgIpc) is 2.57. The molecule has 0 unspecified atom stereocenters. The van der Waals surface area contributed by atoms with E-state index in [1.165, 1.54) is 24.3 Å². The fourth-order valence-electron chi connectivity index (χ4n) is 2.24. The van der Waals surface area contributed by atoms with Crippen LogP contribution in [0.25, 0.3) is 11.1 Å². The molecule has 0 spiro atoms. The number of halogens is 3. The third-order valence-corrected chi connectivity index (χ3v) is 4.27. The van der Waals surface area contributed by atoms with Crippen molar-refractivity contribution in [2.24, 2.45) is 0 Å². The summed E-state index contributed by atoms with van der Waals surface area (Å²) < 4.78 is 32.9. The Morgan fingerprint density at radius 3 is 2.12 bits per heavy atom. The summed E-state index contributed by atoms with van der Waals surface area (Å²) in [5.41, 5.74) is 1.54. The van der Waals surface area contributed by atoms with Gasteiger partial charge in [0.25, 0.3) is 0 Å². The minimum atomic E-state index is -0.584. The van der Waals surface area contributed by atoms with Crippen molar-refractivity contribution in [1.29, 1.82) is 0 Å². The normalized spacial score (nSPS) is 10.5. The first-order valence-corrected chi connectivity index (χ1v) is 8.14. The summed E-state index contributed by atoms with van der Waals surface area (Å²) in [6, 6.07) is 16.6. The van der Waals surface area contributed by atoms with E-state index in [4.69, 9.17) is 4.74 Å². The molecule has 0 aromatic heterocycles. The van der Waals surface area contributed by atoms with Gasteiger partial charge in [0.15, 0.2) is 0 Å². The molecule has 0 bridgehead atoms. The van der Waals surface area contributed by atoms with E-state index < -0.39 is 11.8 Å². The van der Waals surface area contributed by atoms with Crippen molar-refractivity contribution in [1.82, 2.24) is 0 Å².